The van der Waals surface area contributed by atoms with Crippen LogP contribution >= 0.6 is 0 Å². The minimum Gasteiger partial charge on any atom is -0.507 e. The number of aromatic hydroxyl groups is 1. The van der Waals surface area contributed by atoms with Crippen molar-refractivity contribution in [2.75, 3.05) is 10.6 Å². The van der Waals surface area contributed by atoms with Gasteiger partial charge in [-0.05, 0) is 72.7 Å². The predicted octanol–water partition coefficient (Wildman–Crippen LogP) is 6.46. The molecule has 0 spiro atoms. The fourth-order valence-corrected chi connectivity index (χ4v) is 5.25. The highest BCUT2D eigenvalue weighted by atomic mass is 16.3. The summed E-state index contributed by atoms with van der Waals surface area (Å²) in [6.45, 7) is 7.96. The van der Waals surface area contributed by atoms with Gasteiger partial charge in [-0.25, -0.2) is 0 Å². The van der Waals surface area contributed by atoms with Crippen LogP contribution in [-0.4, -0.2) is 16.7 Å². The molecule has 178 valence electrons. The number of carbonyl (C=O) groups is 2. The van der Waals surface area contributed by atoms with Crippen LogP contribution < -0.4 is 10.6 Å². The third-order valence-electron chi connectivity index (χ3n) is 6.96. The second-order valence-electron chi connectivity index (χ2n) is 10.5. The normalized spacial score (nSPS) is 18.6. The van der Waals surface area contributed by atoms with E-state index >= 15 is 0 Å². The molecule has 5 nitrogen and oxygen atoms in total. The lowest BCUT2D eigenvalue weighted by Crippen LogP contribution is -2.31. The van der Waals surface area contributed by atoms with Gasteiger partial charge in [0.1, 0.15) is 5.75 Å². The number of benzene rings is 3. The molecule has 0 saturated carbocycles. The van der Waals surface area contributed by atoms with Crippen molar-refractivity contribution in [1.29, 1.82) is 0 Å². The van der Waals surface area contributed by atoms with Crippen LogP contribution in [0.4, 0.5) is 11.4 Å². The van der Waals surface area contributed by atoms with E-state index in [0.717, 1.165) is 45.8 Å². The molecule has 0 saturated heterocycles. The summed E-state index contributed by atoms with van der Waals surface area (Å²) in [6, 6.07) is 18.3. The number of ketones is 2. The van der Waals surface area contributed by atoms with Gasteiger partial charge in [-0.2, -0.15) is 0 Å². The summed E-state index contributed by atoms with van der Waals surface area (Å²) in [5.74, 6) is 0.336. The third kappa shape index (κ3) is 4.23. The molecule has 5 rings (SSSR count). The SMILES string of the molecule is Cc1cc([C@H]2Nc3ccc(C(=O)c4ccccc4)cc3NC3=C2C(=O)CC(C)(C)C3)cc(C)c1O. The predicted molar refractivity (Wildman–Crippen MR) is 139 cm³/mol. The molecule has 0 bridgehead atoms. The van der Waals surface area contributed by atoms with E-state index in [2.05, 4.69) is 24.5 Å². The number of anilines is 2. The Labute approximate surface area is 205 Å². The van der Waals surface area contributed by atoms with Gasteiger partial charge in [0.25, 0.3) is 0 Å². The first-order valence-corrected chi connectivity index (χ1v) is 12.0. The molecular weight excluding hydrogens is 436 g/mol. The van der Waals surface area contributed by atoms with Crippen molar-refractivity contribution in [1.82, 2.24) is 0 Å². The molecule has 0 radical (unpaired) electrons. The van der Waals surface area contributed by atoms with Crippen molar-refractivity contribution in [2.24, 2.45) is 5.41 Å². The van der Waals surface area contributed by atoms with Crippen LogP contribution in [0.15, 0.2) is 71.9 Å². The van der Waals surface area contributed by atoms with Crippen LogP contribution in [0.3, 0.4) is 0 Å². The van der Waals surface area contributed by atoms with Crippen molar-refractivity contribution in [3.05, 3.63) is 99.8 Å². The van der Waals surface area contributed by atoms with Gasteiger partial charge in [0.2, 0.25) is 0 Å². The van der Waals surface area contributed by atoms with Gasteiger partial charge in [0, 0.05) is 28.8 Å². The zero-order valence-electron chi connectivity index (χ0n) is 20.5. The molecule has 0 aromatic heterocycles. The van der Waals surface area contributed by atoms with Crippen LogP contribution in [0.1, 0.15) is 65.3 Å². The number of hydrogen-bond donors (Lipinski definition) is 3. The monoisotopic (exact) mass is 466 g/mol. The van der Waals surface area contributed by atoms with E-state index in [1.54, 1.807) is 0 Å². The number of fused-ring (bicyclic) bond motifs is 1. The Bertz CT molecular complexity index is 1360. The van der Waals surface area contributed by atoms with Crippen molar-refractivity contribution in [3.8, 4) is 5.75 Å². The average Bonchev–Trinajstić information content (AvgIpc) is 2.97. The van der Waals surface area contributed by atoms with Crippen LogP contribution in [0.5, 0.6) is 5.75 Å². The summed E-state index contributed by atoms with van der Waals surface area (Å²) in [6.07, 6.45) is 1.19. The fourth-order valence-electron chi connectivity index (χ4n) is 5.25. The van der Waals surface area contributed by atoms with Gasteiger partial charge in [0.15, 0.2) is 11.6 Å². The van der Waals surface area contributed by atoms with Crippen molar-refractivity contribution in [2.45, 2.75) is 46.6 Å². The number of aryl methyl sites for hydroxylation is 2. The van der Waals surface area contributed by atoms with E-state index in [0.29, 0.717) is 17.5 Å². The van der Waals surface area contributed by atoms with Crippen molar-refractivity contribution in [3.63, 3.8) is 0 Å². The Kier molecular flexibility index (Phi) is 5.51. The molecule has 1 aliphatic carbocycles. The standard InChI is InChI=1S/C30H30N2O3/c1-17-12-21(13-18(2)28(17)34)27-26-24(15-30(3,4)16-25(26)33)31-23-14-20(10-11-22(23)32-27)29(35)19-8-6-5-7-9-19/h5-14,27,31-32,34H,15-16H2,1-4H3/t27-/m1/s1. The number of phenols is 1. The van der Waals surface area contributed by atoms with Crippen molar-refractivity contribution < 1.29 is 14.7 Å². The number of Topliss-reactive ketones (excluding diaryl/α,β-unsaturated/α-hetero) is 1. The van der Waals surface area contributed by atoms with Crippen LogP contribution in [0.25, 0.3) is 0 Å². The average molecular weight is 467 g/mol. The van der Waals surface area contributed by atoms with Gasteiger partial charge in [0.05, 0.1) is 17.4 Å². The highest BCUT2D eigenvalue weighted by molar-refractivity contribution is 6.10. The first-order chi connectivity index (χ1) is 16.6. The van der Waals surface area contributed by atoms with E-state index in [4.69, 9.17) is 0 Å². The largest absolute Gasteiger partial charge is 0.507 e. The minimum atomic E-state index is -0.365. The maximum atomic E-state index is 13.5. The Balaban J connectivity index is 1.63. The Morgan fingerprint density at radius 1 is 0.914 bits per heavy atom. The number of allylic oxidation sites excluding steroid dienone is 1. The molecule has 3 aromatic rings. The molecular formula is C30H30N2O3. The number of phenolic OH excluding ortho intramolecular Hbond substituents is 1. The Morgan fingerprint density at radius 3 is 2.29 bits per heavy atom. The lowest BCUT2D eigenvalue weighted by atomic mass is 9.73. The quantitative estimate of drug-likeness (QED) is 0.386. The molecule has 1 atom stereocenters. The fraction of sp³-hybridized carbons (Fsp3) is 0.267. The maximum absolute atomic E-state index is 13.5. The van der Waals surface area contributed by atoms with Crippen LogP contribution in [0, 0.1) is 19.3 Å². The summed E-state index contributed by atoms with van der Waals surface area (Å²) in [5.41, 5.74) is 6.73. The van der Waals surface area contributed by atoms with E-state index in [1.807, 2.05) is 74.5 Å². The summed E-state index contributed by atoms with van der Waals surface area (Å²) < 4.78 is 0. The van der Waals surface area contributed by atoms with Crippen LogP contribution in [0.2, 0.25) is 0 Å². The first-order valence-electron chi connectivity index (χ1n) is 12.0. The highest BCUT2D eigenvalue weighted by Crippen LogP contribution is 2.46. The minimum absolute atomic E-state index is 0.0463. The van der Waals surface area contributed by atoms with E-state index in [9.17, 15) is 14.7 Å². The summed E-state index contributed by atoms with van der Waals surface area (Å²) in [5, 5.41) is 17.4. The molecule has 1 heterocycles. The van der Waals surface area contributed by atoms with Gasteiger partial charge < -0.3 is 15.7 Å². The number of rotatable bonds is 3. The van der Waals surface area contributed by atoms with Gasteiger partial charge in [-0.15, -0.1) is 0 Å². The maximum Gasteiger partial charge on any atom is 0.193 e. The topological polar surface area (TPSA) is 78.4 Å². The molecule has 2 aliphatic rings. The van der Waals surface area contributed by atoms with E-state index in [-0.39, 0.29) is 28.8 Å². The Morgan fingerprint density at radius 2 is 1.60 bits per heavy atom. The molecule has 0 fully saturated rings. The summed E-state index contributed by atoms with van der Waals surface area (Å²) in [7, 11) is 0. The molecule has 3 N–H and O–H groups in total. The molecule has 3 aromatic carbocycles. The zero-order valence-corrected chi connectivity index (χ0v) is 20.5. The first kappa shape index (κ1) is 22.9. The number of nitrogens with one attached hydrogen (secondary N) is 2. The van der Waals surface area contributed by atoms with Gasteiger partial charge >= 0.3 is 0 Å². The highest BCUT2D eigenvalue weighted by Gasteiger charge is 2.39. The molecule has 1 aliphatic heterocycles. The summed E-state index contributed by atoms with van der Waals surface area (Å²) >= 11 is 0. The third-order valence-corrected chi connectivity index (χ3v) is 6.96. The second-order valence-corrected chi connectivity index (χ2v) is 10.5. The molecule has 0 unspecified atom stereocenters. The summed E-state index contributed by atoms with van der Waals surface area (Å²) in [4.78, 5) is 26.6. The smallest absolute Gasteiger partial charge is 0.193 e. The molecule has 0 amide bonds. The van der Waals surface area contributed by atoms with Gasteiger partial charge in [-0.3, -0.25) is 9.59 Å². The van der Waals surface area contributed by atoms with Crippen LogP contribution in [-0.2, 0) is 4.79 Å². The second kappa shape index (κ2) is 8.42. The number of hydrogen-bond acceptors (Lipinski definition) is 5. The zero-order chi connectivity index (χ0) is 24.9. The lowest BCUT2D eigenvalue weighted by Gasteiger charge is -2.34. The van der Waals surface area contributed by atoms with E-state index in [1.165, 1.54) is 0 Å². The van der Waals surface area contributed by atoms with E-state index < -0.39 is 0 Å². The molecule has 35 heavy (non-hydrogen) atoms. The van der Waals surface area contributed by atoms with Gasteiger partial charge in [-0.1, -0.05) is 44.2 Å². The number of carbonyl (C=O) groups excluding carboxylic acids is 2. The molecule has 5 heteroatoms. The Hall–Kier alpha value is -3.86. The lowest BCUT2D eigenvalue weighted by molar-refractivity contribution is -0.118. The van der Waals surface area contributed by atoms with Crippen molar-refractivity contribution >= 4 is 22.9 Å².